The van der Waals surface area contributed by atoms with Crippen molar-refractivity contribution in [2.75, 3.05) is 13.1 Å². The number of nitrogens with zero attached hydrogens (tertiary/aromatic N) is 5. The van der Waals surface area contributed by atoms with Crippen LogP contribution in [-0.4, -0.2) is 56.2 Å². The van der Waals surface area contributed by atoms with Crippen LogP contribution >= 0.6 is 0 Å². The predicted molar refractivity (Wildman–Crippen MR) is 131 cm³/mol. The number of imide groups is 1. The van der Waals surface area contributed by atoms with Gasteiger partial charge in [-0.15, -0.1) is 0 Å². The van der Waals surface area contributed by atoms with E-state index in [1.54, 1.807) is 11.0 Å². The normalized spacial score (nSPS) is 20.1. The van der Waals surface area contributed by atoms with Crippen molar-refractivity contribution < 1.29 is 14.4 Å². The number of carbonyl (C=O) groups excluding carboxylic acids is 3. The van der Waals surface area contributed by atoms with Gasteiger partial charge in [0.1, 0.15) is 18.2 Å². The molecule has 36 heavy (non-hydrogen) atoms. The molecule has 0 aliphatic carbocycles. The molecule has 9 heteroatoms. The SMILES string of the molecule is N#CCn1ccc2c(CN3CCCC3)cc(-c3ccc4c(c3)CN(C3CCC(=O)NC3=O)C4=O)nc21. The molecule has 2 aromatic heterocycles. The average Bonchev–Trinajstić information content (AvgIpc) is 3.60. The lowest BCUT2D eigenvalue weighted by Gasteiger charge is -2.29. The lowest BCUT2D eigenvalue weighted by molar-refractivity contribution is -0.136. The Labute approximate surface area is 208 Å². The van der Waals surface area contributed by atoms with Gasteiger partial charge in [-0.3, -0.25) is 24.6 Å². The smallest absolute Gasteiger partial charge is 0.255 e. The molecule has 1 unspecified atom stereocenters. The number of nitrogens with one attached hydrogen (secondary N) is 1. The minimum Gasteiger partial charge on any atom is -0.322 e. The largest absolute Gasteiger partial charge is 0.322 e. The highest BCUT2D eigenvalue weighted by atomic mass is 16.2. The molecule has 0 bridgehead atoms. The van der Waals surface area contributed by atoms with E-state index >= 15 is 0 Å². The Morgan fingerprint density at radius 3 is 2.72 bits per heavy atom. The molecule has 182 valence electrons. The van der Waals surface area contributed by atoms with Gasteiger partial charge in [0.2, 0.25) is 11.8 Å². The Kier molecular flexibility index (Phi) is 5.53. The Morgan fingerprint density at radius 1 is 1.11 bits per heavy atom. The van der Waals surface area contributed by atoms with Gasteiger partial charge in [0.25, 0.3) is 5.91 Å². The lowest BCUT2D eigenvalue weighted by Crippen LogP contribution is -2.52. The van der Waals surface area contributed by atoms with E-state index in [4.69, 9.17) is 4.98 Å². The lowest BCUT2D eigenvalue weighted by atomic mass is 10.0. The van der Waals surface area contributed by atoms with Crippen LogP contribution in [0.2, 0.25) is 0 Å². The second-order valence-corrected chi connectivity index (χ2v) is 9.76. The van der Waals surface area contributed by atoms with E-state index in [2.05, 4.69) is 22.4 Å². The molecular weight excluding hydrogens is 456 g/mol. The number of hydrogen-bond acceptors (Lipinski definition) is 6. The molecule has 5 heterocycles. The Morgan fingerprint density at radius 2 is 1.94 bits per heavy atom. The molecule has 3 aliphatic heterocycles. The van der Waals surface area contributed by atoms with Crippen molar-refractivity contribution >= 4 is 28.8 Å². The minimum atomic E-state index is -0.637. The van der Waals surface area contributed by atoms with Crippen molar-refractivity contribution in [2.45, 2.75) is 51.4 Å². The molecule has 0 saturated carbocycles. The molecule has 9 nitrogen and oxygen atoms in total. The highest BCUT2D eigenvalue weighted by Crippen LogP contribution is 2.33. The number of fused-ring (bicyclic) bond motifs is 2. The summed E-state index contributed by atoms with van der Waals surface area (Å²) >= 11 is 0. The number of hydrogen-bond donors (Lipinski definition) is 1. The summed E-state index contributed by atoms with van der Waals surface area (Å²) in [6.07, 6.45) is 4.90. The second-order valence-electron chi connectivity index (χ2n) is 9.76. The van der Waals surface area contributed by atoms with Gasteiger partial charge >= 0.3 is 0 Å². The molecule has 3 aromatic rings. The summed E-state index contributed by atoms with van der Waals surface area (Å²) in [5.74, 6) is -0.897. The van der Waals surface area contributed by atoms with E-state index < -0.39 is 11.9 Å². The molecule has 3 aliphatic rings. The van der Waals surface area contributed by atoms with E-state index in [9.17, 15) is 19.6 Å². The molecule has 3 amide bonds. The third-order valence-corrected chi connectivity index (χ3v) is 7.47. The maximum absolute atomic E-state index is 13.1. The maximum atomic E-state index is 13.1. The van der Waals surface area contributed by atoms with Crippen LogP contribution < -0.4 is 5.32 Å². The molecule has 1 aromatic carbocycles. The van der Waals surface area contributed by atoms with Gasteiger partial charge in [0, 0.05) is 42.2 Å². The fraction of sp³-hybridized carbons (Fsp3) is 0.370. The fourth-order valence-corrected chi connectivity index (χ4v) is 5.63. The molecule has 0 spiro atoms. The predicted octanol–water partition coefficient (Wildman–Crippen LogP) is 2.58. The monoisotopic (exact) mass is 482 g/mol. The third kappa shape index (κ3) is 3.84. The molecule has 6 rings (SSSR count). The van der Waals surface area contributed by atoms with Crippen molar-refractivity contribution in [3.05, 3.63) is 53.2 Å². The van der Waals surface area contributed by atoms with E-state index in [0.29, 0.717) is 18.5 Å². The van der Waals surface area contributed by atoms with Gasteiger partial charge in [-0.25, -0.2) is 4.98 Å². The average molecular weight is 483 g/mol. The minimum absolute atomic E-state index is 0.188. The number of rotatable bonds is 5. The van der Waals surface area contributed by atoms with Gasteiger partial charge in [-0.05, 0) is 67.7 Å². The van der Waals surface area contributed by atoms with Crippen LogP contribution in [0, 0.1) is 11.3 Å². The Hall–Kier alpha value is -4.03. The first kappa shape index (κ1) is 22.4. The highest BCUT2D eigenvalue weighted by molar-refractivity contribution is 6.05. The van der Waals surface area contributed by atoms with E-state index in [-0.39, 0.29) is 24.8 Å². The molecule has 1 N–H and O–H groups in total. The zero-order valence-electron chi connectivity index (χ0n) is 19.9. The summed E-state index contributed by atoms with van der Waals surface area (Å²) < 4.78 is 1.87. The number of aromatic nitrogens is 2. The quantitative estimate of drug-likeness (QED) is 0.560. The van der Waals surface area contributed by atoms with E-state index in [0.717, 1.165) is 47.5 Å². The number of likely N-dealkylation sites (tertiary alicyclic amines) is 1. The number of nitriles is 1. The van der Waals surface area contributed by atoms with Crippen molar-refractivity contribution in [3.8, 4) is 17.3 Å². The Balaban J connectivity index is 1.36. The van der Waals surface area contributed by atoms with Gasteiger partial charge in [0.05, 0.1) is 11.8 Å². The number of amides is 3. The molecular formula is C27H26N6O3. The van der Waals surface area contributed by atoms with Crippen LogP contribution in [0.15, 0.2) is 36.5 Å². The molecule has 1 atom stereocenters. The fourth-order valence-electron chi connectivity index (χ4n) is 5.63. The number of piperidine rings is 1. The van der Waals surface area contributed by atoms with Gasteiger partial charge in [-0.1, -0.05) is 6.07 Å². The van der Waals surface area contributed by atoms with E-state index in [1.165, 1.54) is 18.4 Å². The van der Waals surface area contributed by atoms with Crippen LogP contribution in [-0.2, 0) is 29.2 Å². The van der Waals surface area contributed by atoms with Gasteiger partial charge < -0.3 is 9.47 Å². The van der Waals surface area contributed by atoms with Crippen molar-refractivity contribution in [2.24, 2.45) is 0 Å². The van der Waals surface area contributed by atoms with Crippen molar-refractivity contribution in [3.63, 3.8) is 0 Å². The van der Waals surface area contributed by atoms with Crippen LogP contribution in [0.3, 0.4) is 0 Å². The summed E-state index contributed by atoms with van der Waals surface area (Å²) in [7, 11) is 0. The standard InChI is InChI=1S/C27H26N6O3/c28-8-12-32-11-7-20-19(15-31-9-1-2-10-31)14-22(29-25(20)32)17-3-4-21-18(13-17)16-33(27(21)36)23-5-6-24(34)30-26(23)35/h3-4,7,11,13-14,23H,1-2,5-6,9-10,12,15-16H2,(H,30,34,35). The summed E-state index contributed by atoms with van der Waals surface area (Å²) in [6.45, 7) is 3.53. The maximum Gasteiger partial charge on any atom is 0.255 e. The van der Waals surface area contributed by atoms with Crippen LogP contribution in [0.1, 0.15) is 47.2 Å². The summed E-state index contributed by atoms with van der Waals surface area (Å²) in [5.41, 5.74) is 5.07. The topological polar surface area (TPSA) is 111 Å². The number of benzene rings is 1. The first-order valence-corrected chi connectivity index (χ1v) is 12.4. The first-order chi connectivity index (χ1) is 17.5. The number of carbonyl (C=O) groups is 3. The second kappa shape index (κ2) is 8.88. The van der Waals surface area contributed by atoms with Crippen LogP contribution in [0.5, 0.6) is 0 Å². The van der Waals surface area contributed by atoms with Gasteiger partial charge in [0.15, 0.2) is 0 Å². The zero-order valence-corrected chi connectivity index (χ0v) is 19.9. The first-order valence-electron chi connectivity index (χ1n) is 12.4. The number of pyridine rings is 1. The Bertz CT molecular complexity index is 1450. The summed E-state index contributed by atoms with van der Waals surface area (Å²) in [6, 6.07) is 11.4. The van der Waals surface area contributed by atoms with E-state index in [1.807, 2.05) is 29.0 Å². The zero-order chi connectivity index (χ0) is 24.8. The third-order valence-electron chi connectivity index (χ3n) is 7.47. The van der Waals surface area contributed by atoms with Crippen LogP contribution in [0.25, 0.3) is 22.3 Å². The molecule has 0 radical (unpaired) electrons. The van der Waals surface area contributed by atoms with Crippen molar-refractivity contribution in [1.29, 1.82) is 5.26 Å². The molecule has 2 saturated heterocycles. The van der Waals surface area contributed by atoms with Crippen molar-refractivity contribution in [1.82, 2.24) is 24.7 Å². The van der Waals surface area contributed by atoms with Gasteiger partial charge in [-0.2, -0.15) is 5.26 Å². The summed E-state index contributed by atoms with van der Waals surface area (Å²) in [5, 5.41) is 12.7. The molecule has 2 fully saturated rings. The van der Waals surface area contributed by atoms with Crippen LogP contribution in [0.4, 0.5) is 0 Å². The highest BCUT2D eigenvalue weighted by Gasteiger charge is 2.39. The summed E-state index contributed by atoms with van der Waals surface area (Å²) in [4.78, 5) is 45.9.